The highest BCUT2D eigenvalue weighted by molar-refractivity contribution is 8.00. The van der Waals surface area contributed by atoms with E-state index < -0.39 is 196 Å². The monoisotopic (exact) mass is 1690 g/mol. The zero-order valence-corrected chi connectivity index (χ0v) is 61.8. The van der Waals surface area contributed by atoms with Crippen molar-refractivity contribution in [3.8, 4) is 0 Å². The minimum Gasteiger partial charge on any atom is -0.450 e. The van der Waals surface area contributed by atoms with Gasteiger partial charge in [0.1, 0.15) is 22.3 Å². The van der Waals surface area contributed by atoms with Crippen LogP contribution in [0.5, 0.6) is 0 Å². The summed E-state index contributed by atoms with van der Waals surface area (Å²) in [6, 6.07) is 0. The number of ether oxygens (including phenoxy) is 18. The van der Waals surface area contributed by atoms with Gasteiger partial charge in [-0.3, -0.25) is 0 Å². The van der Waals surface area contributed by atoms with E-state index in [1.54, 1.807) is 23.5 Å². The fourth-order valence-electron chi connectivity index (χ4n) is 6.09. The number of hydrogen-bond acceptors (Lipinski definition) is 36. The van der Waals surface area contributed by atoms with Crippen LogP contribution in [0.2, 0.25) is 0 Å². The molecular weight excluding hydrogens is 1620 g/mol. The molecule has 0 aliphatic carbocycles. The second-order valence-corrected chi connectivity index (χ2v) is 27.0. The number of alkyl halides is 12. The Morgan fingerprint density at radius 3 is 0.528 bits per heavy atom. The molecular formula is C60H72F12O30S6. The Balaban J connectivity index is 0.000000649. The van der Waals surface area contributed by atoms with Gasteiger partial charge < -0.3 is 85.3 Å². The smallest absolute Gasteiger partial charge is 0.422 e. The molecule has 6 atom stereocenters. The van der Waals surface area contributed by atoms with Crippen LogP contribution in [0.4, 0.5) is 52.7 Å². The maximum Gasteiger partial charge on any atom is 0.422 e. The first-order chi connectivity index (χ1) is 50.4. The Morgan fingerprint density at radius 2 is 0.417 bits per heavy atom. The van der Waals surface area contributed by atoms with E-state index in [1.165, 1.54) is 60.9 Å². The molecule has 6 aliphatic heterocycles. The van der Waals surface area contributed by atoms with Crippen LogP contribution in [0.1, 0.15) is 13.8 Å². The normalized spacial score (nSPS) is 19.7. The molecule has 0 N–H and O–H groups in total. The Bertz CT molecular complexity index is 2710. The largest absolute Gasteiger partial charge is 0.450 e. The molecule has 108 heavy (non-hydrogen) atoms. The average molecular weight is 1690 g/mol. The van der Waals surface area contributed by atoms with E-state index in [4.69, 9.17) is 56.8 Å². The summed E-state index contributed by atoms with van der Waals surface area (Å²) in [5, 5.41) is 0. The van der Waals surface area contributed by atoms with Gasteiger partial charge in [0, 0.05) is 45.7 Å². The van der Waals surface area contributed by atoms with Gasteiger partial charge in [-0.25, -0.2) is 57.5 Å². The van der Waals surface area contributed by atoms with E-state index >= 15 is 0 Å². The van der Waals surface area contributed by atoms with Gasteiger partial charge in [0.2, 0.25) is 37.7 Å². The van der Waals surface area contributed by atoms with E-state index in [-0.39, 0.29) is 11.1 Å². The van der Waals surface area contributed by atoms with Crippen LogP contribution in [0.15, 0.2) is 72.9 Å². The second kappa shape index (κ2) is 52.3. The maximum atomic E-state index is 12.1. The van der Waals surface area contributed by atoms with Crippen molar-refractivity contribution in [1.82, 2.24) is 0 Å². The van der Waals surface area contributed by atoms with E-state index in [2.05, 4.69) is 67.9 Å². The summed E-state index contributed by atoms with van der Waals surface area (Å²) in [5.41, 5.74) is -6.21. The first-order valence-corrected chi connectivity index (χ1v) is 37.0. The van der Waals surface area contributed by atoms with Crippen LogP contribution in [0, 0.1) is 0 Å². The summed E-state index contributed by atoms with van der Waals surface area (Å²) in [4.78, 5) is 133. The molecule has 48 heteroatoms. The molecule has 612 valence electrons. The molecule has 0 spiro atoms. The molecule has 30 nitrogen and oxygen atoms in total. The summed E-state index contributed by atoms with van der Waals surface area (Å²) < 4.78 is 230. The van der Waals surface area contributed by atoms with E-state index in [0.717, 1.165) is 34.5 Å². The fraction of sp³-hybridized carbons (Fsp3) is 0.600. The van der Waals surface area contributed by atoms with Crippen molar-refractivity contribution in [3.05, 3.63) is 72.9 Å². The zero-order valence-electron chi connectivity index (χ0n) is 56.9. The first-order valence-electron chi connectivity index (χ1n) is 30.1. The average Bonchev–Trinajstić information content (AvgIpc) is 0.887. The standard InChI is InChI=1S/4C10H11F3O5S.2C10H14O5S/c4*1-6(10(11,12)13)9(15)17-4-7(14)18-8-5-19-3-2-16-8;2*1-7(2)10(12)14-5-8(11)15-9-6-16-4-3-13-9/h4*8H,1-5H2;2*9H,1,3-6H2,2H3. The minimum atomic E-state index is -4.88. The van der Waals surface area contributed by atoms with Crippen LogP contribution < -0.4 is 0 Å². The van der Waals surface area contributed by atoms with Gasteiger partial charge in [-0.05, 0) is 13.8 Å². The molecule has 6 heterocycles. The summed E-state index contributed by atoms with van der Waals surface area (Å²) in [7, 11) is 0. The Hall–Kier alpha value is -6.90. The van der Waals surface area contributed by atoms with Gasteiger partial charge in [-0.1, -0.05) is 39.5 Å². The third-order valence-corrected chi connectivity index (χ3v) is 17.0. The van der Waals surface area contributed by atoms with Gasteiger partial charge in [0.15, 0.2) is 39.6 Å². The van der Waals surface area contributed by atoms with Gasteiger partial charge in [-0.15, -0.1) is 0 Å². The Labute approximate surface area is 632 Å². The number of halogens is 12. The lowest BCUT2D eigenvalue weighted by Gasteiger charge is -2.21. The van der Waals surface area contributed by atoms with Crippen molar-refractivity contribution in [2.75, 3.05) is 148 Å². The summed E-state index contributed by atoms with van der Waals surface area (Å²) in [6.45, 7) is 18.2. The molecule has 0 aromatic heterocycles. The molecule has 6 unspecified atom stereocenters. The Morgan fingerprint density at radius 1 is 0.278 bits per heavy atom. The van der Waals surface area contributed by atoms with Crippen LogP contribution >= 0.6 is 70.6 Å². The fourth-order valence-corrected chi connectivity index (χ4v) is 10.5. The molecule has 0 amide bonds. The van der Waals surface area contributed by atoms with Crippen molar-refractivity contribution in [2.45, 2.75) is 76.3 Å². The van der Waals surface area contributed by atoms with Crippen LogP contribution in [-0.4, -0.2) is 282 Å². The third-order valence-electron chi connectivity index (χ3n) is 11.3. The molecule has 6 rings (SSSR count). The molecule has 6 fully saturated rings. The highest BCUT2D eigenvalue weighted by Gasteiger charge is 2.42. The number of thioether (sulfide) groups is 6. The lowest BCUT2D eigenvalue weighted by Crippen LogP contribution is -2.31. The van der Waals surface area contributed by atoms with Gasteiger partial charge in [0.25, 0.3) is 0 Å². The maximum absolute atomic E-state index is 12.1. The molecule has 0 saturated carbocycles. The van der Waals surface area contributed by atoms with Crippen LogP contribution in [-0.2, 0) is 143 Å². The second-order valence-electron chi connectivity index (χ2n) is 20.1. The van der Waals surface area contributed by atoms with Gasteiger partial charge >= 0.3 is 96.3 Å². The zero-order chi connectivity index (χ0) is 81.8. The predicted octanol–water partition coefficient (Wildman–Crippen LogP) is 6.60. The first kappa shape index (κ1) is 99.1. The highest BCUT2D eigenvalue weighted by atomic mass is 32.2. The molecule has 6 aliphatic rings. The number of hydrogen-bond donors (Lipinski definition) is 0. The molecule has 0 radical (unpaired) electrons. The van der Waals surface area contributed by atoms with E-state index in [9.17, 15) is 110 Å². The number of esters is 12. The molecule has 6 saturated heterocycles. The van der Waals surface area contributed by atoms with Crippen LogP contribution in [0.3, 0.4) is 0 Å². The highest BCUT2D eigenvalue weighted by Crippen LogP contribution is 2.29. The van der Waals surface area contributed by atoms with Crippen molar-refractivity contribution in [1.29, 1.82) is 0 Å². The van der Waals surface area contributed by atoms with Crippen molar-refractivity contribution in [3.63, 3.8) is 0 Å². The lowest BCUT2D eigenvalue weighted by molar-refractivity contribution is -0.182. The minimum absolute atomic E-state index is 0.247. The molecule has 0 aromatic carbocycles. The number of carbonyl (C=O) groups is 12. The van der Waals surface area contributed by atoms with Crippen LogP contribution in [0.25, 0.3) is 0 Å². The van der Waals surface area contributed by atoms with Crippen molar-refractivity contribution < 1.29 is 195 Å². The summed E-state index contributed by atoms with van der Waals surface area (Å²) >= 11 is 9.32. The topological polar surface area (TPSA) is 371 Å². The number of carbonyl (C=O) groups excluding carboxylic acids is 12. The summed E-state index contributed by atoms with van der Waals surface area (Å²) in [6.07, 6.45) is -23.7. The molecule has 0 aromatic rings. The number of rotatable bonds is 24. The quantitative estimate of drug-likeness (QED) is 0.0425. The predicted molar refractivity (Wildman–Crippen MR) is 355 cm³/mol. The van der Waals surface area contributed by atoms with Crippen molar-refractivity contribution in [2.24, 2.45) is 0 Å². The summed E-state index contributed by atoms with van der Waals surface area (Å²) in [5.74, 6) is -5.33. The van der Waals surface area contributed by atoms with Gasteiger partial charge in [0.05, 0.1) is 74.2 Å². The van der Waals surface area contributed by atoms with E-state index in [0.29, 0.717) is 74.2 Å². The van der Waals surface area contributed by atoms with Gasteiger partial charge in [-0.2, -0.15) is 123 Å². The van der Waals surface area contributed by atoms with Crippen molar-refractivity contribution >= 4 is 142 Å². The Kier molecular flexibility index (Phi) is 48.0. The van der Waals surface area contributed by atoms with E-state index in [1.807, 2.05) is 0 Å². The third kappa shape index (κ3) is 46.6. The SMILES string of the molecule is C=C(C(=O)OCC(=O)OC1CSCCO1)C(F)(F)F.C=C(C(=O)OCC(=O)OC1CSCCO1)C(F)(F)F.C=C(C(=O)OCC(=O)OC1CSCCO1)C(F)(F)F.C=C(C(=O)OCC(=O)OC1CSCCO1)C(F)(F)F.C=C(C)C(=O)OCC(=O)OC1CSCCO1.C=C(C)C(=O)OCC(=O)OC1CSCCO1. The lowest BCUT2D eigenvalue weighted by atomic mass is 10.3. The molecule has 0 bridgehead atoms.